The van der Waals surface area contributed by atoms with E-state index in [1.807, 2.05) is 26.0 Å². The minimum absolute atomic E-state index is 0.0106. The number of carbonyl (C=O) groups excluding carboxylic acids is 1. The van der Waals surface area contributed by atoms with Gasteiger partial charge in [0.1, 0.15) is 11.6 Å². The van der Waals surface area contributed by atoms with E-state index in [0.717, 1.165) is 50.2 Å². The standard InChI is InChI=1S/C26H30F3N3O3/c1-16-14-32(15-17(2)34-16)23-8-5-20(13-30-23)31-24(33)22-9-10-25(22)11-19(12-25)18-3-6-21(7-4-18)35-26(27,28)29/h3-8,13,16-17,19,22H,9-12,14-15H2,1-2H3,(H,31,33)/t16-,17+,19?,22?,25?. The third kappa shape index (κ3) is 5.10. The van der Waals surface area contributed by atoms with Crippen LogP contribution >= 0.6 is 0 Å². The van der Waals surface area contributed by atoms with Gasteiger partial charge in [0, 0.05) is 19.0 Å². The van der Waals surface area contributed by atoms with Gasteiger partial charge < -0.3 is 19.7 Å². The fraction of sp³-hybridized carbons (Fsp3) is 0.538. The maximum atomic E-state index is 13.0. The average molecular weight is 490 g/mol. The lowest BCUT2D eigenvalue weighted by Crippen LogP contribution is -2.53. The van der Waals surface area contributed by atoms with E-state index in [-0.39, 0.29) is 41.1 Å². The number of nitrogens with one attached hydrogen (secondary N) is 1. The maximum Gasteiger partial charge on any atom is 0.573 e. The second-order valence-electron chi connectivity index (χ2n) is 10.2. The Bertz CT molecular complexity index is 1040. The highest BCUT2D eigenvalue weighted by Crippen LogP contribution is 2.65. The molecule has 0 bridgehead atoms. The van der Waals surface area contributed by atoms with E-state index >= 15 is 0 Å². The minimum Gasteiger partial charge on any atom is -0.406 e. The fourth-order valence-corrected chi connectivity index (χ4v) is 5.94. The molecule has 3 atom stereocenters. The number of hydrogen-bond donors (Lipinski definition) is 1. The van der Waals surface area contributed by atoms with Crippen LogP contribution in [0.3, 0.4) is 0 Å². The van der Waals surface area contributed by atoms with Crippen LogP contribution in [0.4, 0.5) is 24.7 Å². The molecule has 1 N–H and O–H groups in total. The number of ether oxygens (including phenoxy) is 2. The van der Waals surface area contributed by atoms with Crippen molar-refractivity contribution in [2.24, 2.45) is 11.3 Å². The van der Waals surface area contributed by atoms with E-state index in [1.54, 1.807) is 18.3 Å². The van der Waals surface area contributed by atoms with Crippen LogP contribution in [0.5, 0.6) is 5.75 Å². The zero-order chi connectivity index (χ0) is 24.8. The number of alkyl halides is 3. The summed E-state index contributed by atoms with van der Waals surface area (Å²) in [5.41, 5.74) is 1.66. The molecule has 188 valence electrons. The first-order valence-corrected chi connectivity index (χ1v) is 12.1. The SMILES string of the molecule is C[C@@H]1CN(c2ccc(NC(=O)C3CCC34CC(c3ccc(OC(F)(F)F)cc3)C4)cn2)C[C@H](C)O1. The Hall–Kier alpha value is -2.81. The lowest BCUT2D eigenvalue weighted by atomic mass is 9.45. The van der Waals surface area contributed by atoms with Crippen molar-refractivity contribution in [2.45, 2.75) is 64.0 Å². The summed E-state index contributed by atoms with van der Waals surface area (Å²) in [4.78, 5) is 19.8. The molecule has 5 rings (SSSR count). The predicted molar refractivity (Wildman–Crippen MR) is 125 cm³/mol. The van der Waals surface area contributed by atoms with Gasteiger partial charge in [0.15, 0.2) is 0 Å². The fourth-order valence-electron chi connectivity index (χ4n) is 5.94. The number of pyridine rings is 1. The summed E-state index contributed by atoms with van der Waals surface area (Å²) >= 11 is 0. The van der Waals surface area contributed by atoms with Gasteiger partial charge in [0.25, 0.3) is 0 Å². The quantitative estimate of drug-likeness (QED) is 0.600. The topological polar surface area (TPSA) is 63.7 Å². The number of amides is 1. The van der Waals surface area contributed by atoms with Gasteiger partial charge in [-0.3, -0.25) is 4.79 Å². The Labute approximate surface area is 202 Å². The molecule has 2 aromatic rings. The summed E-state index contributed by atoms with van der Waals surface area (Å²) < 4.78 is 46.8. The summed E-state index contributed by atoms with van der Waals surface area (Å²) in [5, 5.41) is 3.03. The Kier molecular flexibility index (Phi) is 6.15. The highest BCUT2D eigenvalue weighted by Gasteiger charge is 2.57. The number of rotatable bonds is 5. The van der Waals surface area contributed by atoms with E-state index in [9.17, 15) is 18.0 Å². The molecular formula is C26H30F3N3O3. The average Bonchev–Trinajstić information content (AvgIpc) is 2.72. The number of morpholine rings is 1. The van der Waals surface area contributed by atoms with Crippen LogP contribution in [0, 0.1) is 11.3 Å². The van der Waals surface area contributed by atoms with E-state index < -0.39 is 6.36 Å². The Morgan fingerprint density at radius 1 is 1.11 bits per heavy atom. The number of benzene rings is 1. The largest absolute Gasteiger partial charge is 0.573 e. The molecule has 1 aromatic heterocycles. The highest BCUT2D eigenvalue weighted by molar-refractivity contribution is 5.93. The van der Waals surface area contributed by atoms with Crippen molar-refractivity contribution in [1.82, 2.24) is 4.98 Å². The first-order valence-electron chi connectivity index (χ1n) is 12.1. The number of halogens is 3. The van der Waals surface area contributed by atoms with Crippen LogP contribution in [0.15, 0.2) is 42.6 Å². The molecule has 3 fully saturated rings. The molecule has 9 heteroatoms. The normalized spacial score (nSPS) is 30.4. The lowest BCUT2D eigenvalue weighted by Gasteiger charge is -2.59. The Morgan fingerprint density at radius 3 is 2.34 bits per heavy atom. The van der Waals surface area contributed by atoms with E-state index in [2.05, 4.69) is 19.9 Å². The van der Waals surface area contributed by atoms with Crippen molar-refractivity contribution in [3.8, 4) is 5.75 Å². The third-order valence-electron chi connectivity index (χ3n) is 7.64. The number of aromatic nitrogens is 1. The third-order valence-corrected chi connectivity index (χ3v) is 7.64. The molecule has 0 radical (unpaired) electrons. The van der Waals surface area contributed by atoms with E-state index in [0.29, 0.717) is 5.69 Å². The van der Waals surface area contributed by atoms with Gasteiger partial charge in [0.05, 0.1) is 24.1 Å². The van der Waals surface area contributed by atoms with Crippen LogP contribution in [0.2, 0.25) is 0 Å². The Morgan fingerprint density at radius 2 is 1.80 bits per heavy atom. The monoisotopic (exact) mass is 489 g/mol. The molecule has 1 unspecified atom stereocenters. The summed E-state index contributed by atoms with van der Waals surface area (Å²) in [6.45, 7) is 5.67. The van der Waals surface area contributed by atoms with Crippen molar-refractivity contribution in [3.63, 3.8) is 0 Å². The summed E-state index contributed by atoms with van der Waals surface area (Å²) in [6.07, 6.45) is 0.902. The van der Waals surface area contributed by atoms with Gasteiger partial charge >= 0.3 is 6.36 Å². The minimum atomic E-state index is -4.69. The van der Waals surface area contributed by atoms with Gasteiger partial charge in [-0.1, -0.05) is 12.1 Å². The van der Waals surface area contributed by atoms with Gasteiger partial charge in [-0.05, 0) is 80.7 Å². The molecule has 2 aliphatic carbocycles. The summed E-state index contributed by atoms with van der Waals surface area (Å²) in [5.74, 6) is 0.885. The Balaban J connectivity index is 1.15. The predicted octanol–water partition coefficient (Wildman–Crippen LogP) is 5.51. The lowest BCUT2D eigenvalue weighted by molar-refractivity contribution is -0.274. The van der Waals surface area contributed by atoms with Crippen LogP contribution in [-0.4, -0.2) is 42.6 Å². The molecular weight excluding hydrogens is 459 g/mol. The highest BCUT2D eigenvalue weighted by atomic mass is 19.4. The van der Waals surface area contributed by atoms with Crippen molar-refractivity contribution in [2.75, 3.05) is 23.3 Å². The maximum absolute atomic E-state index is 13.0. The number of nitrogens with zero attached hydrogens (tertiary/aromatic N) is 2. The molecule has 2 heterocycles. The molecule has 1 spiro atoms. The van der Waals surface area contributed by atoms with Gasteiger partial charge in [-0.25, -0.2) is 4.98 Å². The van der Waals surface area contributed by atoms with E-state index in [1.165, 1.54) is 12.1 Å². The van der Waals surface area contributed by atoms with Crippen LogP contribution in [-0.2, 0) is 9.53 Å². The smallest absolute Gasteiger partial charge is 0.406 e. The summed E-state index contributed by atoms with van der Waals surface area (Å²) in [7, 11) is 0. The first-order chi connectivity index (χ1) is 16.6. The molecule has 1 saturated heterocycles. The van der Waals surface area contributed by atoms with Crippen LogP contribution in [0.1, 0.15) is 51.0 Å². The molecule has 1 aliphatic heterocycles. The number of carbonyl (C=O) groups is 1. The summed E-state index contributed by atoms with van der Waals surface area (Å²) in [6, 6.07) is 9.92. The van der Waals surface area contributed by atoms with E-state index in [4.69, 9.17) is 4.74 Å². The van der Waals surface area contributed by atoms with Gasteiger partial charge in [-0.15, -0.1) is 13.2 Å². The van der Waals surface area contributed by atoms with Crippen molar-refractivity contribution < 1.29 is 27.4 Å². The van der Waals surface area contributed by atoms with Gasteiger partial charge in [-0.2, -0.15) is 0 Å². The molecule has 6 nitrogen and oxygen atoms in total. The molecule has 3 aliphatic rings. The van der Waals surface area contributed by atoms with Crippen LogP contribution < -0.4 is 15.0 Å². The van der Waals surface area contributed by atoms with Crippen LogP contribution in [0.25, 0.3) is 0 Å². The number of hydrogen-bond acceptors (Lipinski definition) is 5. The molecule has 1 amide bonds. The second kappa shape index (κ2) is 9.00. The zero-order valence-corrected chi connectivity index (χ0v) is 19.8. The molecule has 35 heavy (non-hydrogen) atoms. The zero-order valence-electron chi connectivity index (χ0n) is 19.8. The molecule has 1 aromatic carbocycles. The number of anilines is 2. The van der Waals surface area contributed by atoms with Crippen molar-refractivity contribution >= 4 is 17.4 Å². The van der Waals surface area contributed by atoms with Gasteiger partial charge in [0.2, 0.25) is 5.91 Å². The molecule has 2 saturated carbocycles. The van der Waals surface area contributed by atoms with Crippen molar-refractivity contribution in [3.05, 3.63) is 48.2 Å². The second-order valence-corrected chi connectivity index (χ2v) is 10.2. The van der Waals surface area contributed by atoms with Crippen molar-refractivity contribution in [1.29, 1.82) is 0 Å². The first kappa shape index (κ1) is 23.9.